The highest BCUT2D eigenvalue weighted by Gasteiger charge is 2.39. The van der Waals surface area contributed by atoms with Crippen LogP contribution < -0.4 is 5.32 Å². The fourth-order valence-corrected chi connectivity index (χ4v) is 3.08. The van der Waals surface area contributed by atoms with Gasteiger partial charge in [-0.15, -0.1) is 11.3 Å². The first-order valence-corrected chi connectivity index (χ1v) is 6.38. The monoisotopic (exact) mass is 209 g/mol. The van der Waals surface area contributed by atoms with Gasteiger partial charge in [-0.25, -0.2) is 0 Å². The lowest BCUT2D eigenvalue weighted by Crippen LogP contribution is -2.45. The first-order chi connectivity index (χ1) is 6.73. The van der Waals surface area contributed by atoms with E-state index in [4.69, 9.17) is 0 Å². The molecule has 1 aromatic heterocycles. The first kappa shape index (κ1) is 10.2. The number of hydrogen-bond acceptors (Lipinski definition) is 2. The number of nitrogens with one attached hydrogen (secondary N) is 1. The quantitative estimate of drug-likeness (QED) is 0.803. The Labute approximate surface area is 90.5 Å². The largest absolute Gasteiger partial charge is 0.314 e. The second-order valence-corrected chi connectivity index (χ2v) is 5.59. The van der Waals surface area contributed by atoms with Crippen molar-refractivity contribution in [1.29, 1.82) is 0 Å². The molecule has 0 aliphatic heterocycles. The molecule has 0 aromatic carbocycles. The zero-order valence-electron chi connectivity index (χ0n) is 9.05. The van der Waals surface area contributed by atoms with Crippen LogP contribution in [0, 0.1) is 0 Å². The molecule has 14 heavy (non-hydrogen) atoms. The van der Waals surface area contributed by atoms with Crippen LogP contribution in [0.4, 0.5) is 0 Å². The third-order valence-corrected chi connectivity index (χ3v) is 4.32. The minimum atomic E-state index is 0.485. The highest BCUT2D eigenvalue weighted by molar-refractivity contribution is 7.10. The van der Waals surface area contributed by atoms with Gasteiger partial charge in [0, 0.05) is 22.9 Å². The van der Waals surface area contributed by atoms with E-state index in [0.717, 1.165) is 6.54 Å². The summed E-state index contributed by atoms with van der Waals surface area (Å²) in [6.45, 7) is 5.60. The van der Waals surface area contributed by atoms with Crippen LogP contribution in [0.2, 0.25) is 0 Å². The molecule has 0 spiro atoms. The summed E-state index contributed by atoms with van der Waals surface area (Å²) in [6.07, 6.45) is 4.14. The van der Waals surface area contributed by atoms with E-state index in [9.17, 15) is 0 Å². The SMILES string of the molecule is CC(C)NCC1(c2cccs2)CCC1. The highest BCUT2D eigenvalue weighted by atomic mass is 32.1. The molecule has 0 atom stereocenters. The molecule has 0 unspecified atom stereocenters. The predicted octanol–water partition coefficient (Wildman–Crippen LogP) is 3.17. The van der Waals surface area contributed by atoms with Crippen molar-refractivity contribution in [2.75, 3.05) is 6.54 Å². The van der Waals surface area contributed by atoms with Gasteiger partial charge >= 0.3 is 0 Å². The Morgan fingerprint density at radius 2 is 2.29 bits per heavy atom. The number of hydrogen-bond donors (Lipinski definition) is 1. The Morgan fingerprint density at radius 1 is 1.50 bits per heavy atom. The molecule has 0 radical (unpaired) electrons. The van der Waals surface area contributed by atoms with E-state index in [1.165, 1.54) is 19.3 Å². The van der Waals surface area contributed by atoms with E-state index >= 15 is 0 Å². The molecule has 78 valence electrons. The second kappa shape index (κ2) is 4.03. The molecule has 1 saturated carbocycles. The summed E-state index contributed by atoms with van der Waals surface area (Å²) in [7, 11) is 0. The molecule has 2 heteroatoms. The second-order valence-electron chi connectivity index (χ2n) is 4.65. The summed E-state index contributed by atoms with van der Waals surface area (Å²) >= 11 is 1.92. The maximum absolute atomic E-state index is 3.58. The van der Waals surface area contributed by atoms with Crippen LogP contribution in [0.1, 0.15) is 38.0 Å². The predicted molar refractivity (Wildman–Crippen MR) is 63.0 cm³/mol. The van der Waals surface area contributed by atoms with Gasteiger partial charge in [0.2, 0.25) is 0 Å². The van der Waals surface area contributed by atoms with Crippen LogP contribution >= 0.6 is 11.3 Å². The molecular formula is C12H19NS. The molecule has 1 aromatic rings. The van der Waals surface area contributed by atoms with Crippen molar-refractivity contribution in [3.8, 4) is 0 Å². The van der Waals surface area contributed by atoms with E-state index in [2.05, 4.69) is 36.7 Å². The van der Waals surface area contributed by atoms with E-state index in [1.54, 1.807) is 4.88 Å². The molecule has 0 amide bonds. The molecule has 1 aliphatic rings. The van der Waals surface area contributed by atoms with Crippen molar-refractivity contribution in [1.82, 2.24) is 5.32 Å². The molecule has 1 N–H and O–H groups in total. The van der Waals surface area contributed by atoms with Gasteiger partial charge in [0.25, 0.3) is 0 Å². The Hall–Kier alpha value is -0.340. The zero-order chi connectivity index (χ0) is 10.0. The average Bonchev–Trinajstić information content (AvgIpc) is 2.55. The van der Waals surface area contributed by atoms with E-state index in [0.29, 0.717) is 11.5 Å². The van der Waals surface area contributed by atoms with Gasteiger partial charge in [0.1, 0.15) is 0 Å². The van der Waals surface area contributed by atoms with Crippen LogP contribution in [0.3, 0.4) is 0 Å². The van der Waals surface area contributed by atoms with Crippen molar-refractivity contribution in [2.45, 2.75) is 44.6 Å². The van der Waals surface area contributed by atoms with Gasteiger partial charge in [-0.1, -0.05) is 26.3 Å². The number of thiophene rings is 1. The van der Waals surface area contributed by atoms with Gasteiger partial charge in [0.05, 0.1) is 0 Å². The van der Waals surface area contributed by atoms with Crippen molar-refractivity contribution < 1.29 is 0 Å². The van der Waals surface area contributed by atoms with Gasteiger partial charge < -0.3 is 5.32 Å². The normalized spacial score (nSPS) is 19.6. The maximum Gasteiger partial charge on any atom is 0.0172 e. The summed E-state index contributed by atoms with van der Waals surface area (Å²) in [4.78, 5) is 1.58. The summed E-state index contributed by atoms with van der Waals surface area (Å²) in [6, 6.07) is 5.08. The molecule has 0 saturated heterocycles. The lowest BCUT2D eigenvalue weighted by atomic mass is 9.67. The average molecular weight is 209 g/mol. The molecule has 1 fully saturated rings. The van der Waals surface area contributed by atoms with Crippen molar-refractivity contribution in [2.24, 2.45) is 0 Å². The number of rotatable bonds is 4. The fraction of sp³-hybridized carbons (Fsp3) is 0.667. The maximum atomic E-state index is 3.58. The van der Waals surface area contributed by atoms with Crippen LogP contribution in [0.5, 0.6) is 0 Å². The molecule has 1 aliphatic carbocycles. The minimum Gasteiger partial charge on any atom is -0.314 e. The van der Waals surface area contributed by atoms with E-state index < -0.39 is 0 Å². The third-order valence-electron chi connectivity index (χ3n) is 3.20. The molecule has 1 nitrogen and oxygen atoms in total. The van der Waals surface area contributed by atoms with Crippen LogP contribution in [0.25, 0.3) is 0 Å². The fourth-order valence-electron chi connectivity index (χ4n) is 2.09. The Morgan fingerprint density at radius 3 is 2.71 bits per heavy atom. The van der Waals surface area contributed by atoms with Gasteiger partial charge in [-0.3, -0.25) is 0 Å². The molecular weight excluding hydrogens is 190 g/mol. The van der Waals surface area contributed by atoms with Crippen LogP contribution in [-0.2, 0) is 5.41 Å². The first-order valence-electron chi connectivity index (χ1n) is 5.50. The Bertz CT molecular complexity index is 273. The standard InChI is InChI=1S/C12H19NS/c1-10(2)13-9-12(6-4-7-12)11-5-3-8-14-11/h3,5,8,10,13H,4,6-7,9H2,1-2H3. The summed E-state index contributed by atoms with van der Waals surface area (Å²) in [5.74, 6) is 0. The molecule has 0 bridgehead atoms. The Kier molecular flexibility index (Phi) is 2.93. The molecule has 2 rings (SSSR count). The third kappa shape index (κ3) is 1.86. The lowest BCUT2D eigenvalue weighted by molar-refractivity contribution is 0.233. The zero-order valence-corrected chi connectivity index (χ0v) is 9.86. The van der Waals surface area contributed by atoms with Crippen molar-refractivity contribution in [3.63, 3.8) is 0 Å². The lowest BCUT2D eigenvalue weighted by Gasteiger charge is -2.42. The molecule has 1 heterocycles. The summed E-state index contributed by atoms with van der Waals surface area (Å²) in [5, 5.41) is 5.78. The van der Waals surface area contributed by atoms with Gasteiger partial charge in [-0.2, -0.15) is 0 Å². The van der Waals surface area contributed by atoms with Crippen LogP contribution in [-0.4, -0.2) is 12.6 Å². The van der Waals surface area contributed by atoms with Gasteiger partial charge in [0.15, 0.2) is 0 Å². The van der Waals surface area contributed by atoms with Crippen molar-refractivity contribution >= 4 is 11.3 Å². The van der Waals surface area contributed by atoms with Crippen molar-refractivity contribution in [3.05, 3.63) is 22.4 Å². The highest BCUT2D eigenvalue weighted by Crippen LogP contribution is 2.45. The van der Waals surface area contributed by atoms with Crippen LogP contribution in [0.15, 0.2) is 17.5 Å². The van der Waals surface area contributed by atoms with Gasteiger partial charge in [-0.05, 0) is 24.3 Å². The Balaban J connectivity index is 2.03. The summed E-state index contributed by atoms with van der Waals surface area (Å²) in [5.41, 5.74) is 0.485. The summed E-state index contributed by atoms with van der Waals surface area (Å²) < 4.78 is 0. The topological polar surface area (TPSA) is 12.0 Å². The van der Waals surface area contributed by atoms with E-state index in [-0.39, 0.29) is 0 Å². The smallest absolute Gasteiger partial charge is 0.0172 e. The van der Waals surface area contributed by atoms with E-state index in [1.807, 2.05) is 11.3 Å². The minimum absolute atomic E-state index is 0.485.